The fraction of sp³-hybridized carbons (Fsp3) is 0.688. The number of fused-ring (bicyclic) bond motifs is 1. The number of hydrogen-bond donors (Lipinski definition) is 2. The highest BCUT2D eigenvalue weighted by molar-refractivity contribution is 5.25. The first-order valence-electron chi connectivity index (χ1n) is 7.37. The Bertz CT molecular complexity index is 415. The standard InChI is InChI=1S/C16H26N2O/c1-12(2)10-16(3,19)11-18-14-8-4-6-13-7-5-9-17-15(13)14/h5,7,9,12,14,18-19H,4,6,8,10-11H2,1-3H3. The van der Waals surface area contributed by atoms with Crippen molar-refractivity contribution in [2.45, 2.75) is 58.1 Å². The number of rotatable bonds is 5. The number of aryl methyl sites for hydroxylation is 1. The van der Waals surface area contributed by atoms with Gasteiger partial charge in [0.25, 0.3) is 0 Å². The van der Waals surface area contributed by atoms with E-state index in [0.717, 1.165) is 19.3 Å². The maximum absolute atomic E-state index is 10.4. The van der Waals surface area contributed by atoms with Crippen LogP contribution in [0.2, 0.25) is 0 Å². The SMILES string of the molecule is CC(C)CC(C)(O)CNC1CCCc2cccnc21. The van der Waals surface area contributed by atoms with E-state index in [1.54, 1.807) is 0 Å². The molecule has 106 valence electrons. The second kappa shape index (κ2) is 6.02. The molecule has 0 saturated carbocycles. The van der Waals surface area contributed by atoms with Crippen molar-refractivity contribution in [2.24, 2.45) is 5.92 Å². The highest BCUT2D eigenvalue weighted by Gasteiger charge is 2.26. The van der Waals surface area contributed by atoms with Crippen LogP contribution in [0, 0.1) is 5.92 Å². The smallest absolute Gasteiger partial charge is 0.0746 e. The Morgan fingerprint density at radius 3 is 3.05 bits per heavy atom. The van der Waals surface area contributed by atoms with E-state index in [2.05, 4.69) is 30.2 Å². The summed E-state index contributed by atoms with van der Waals surface area (Å²) in [5.74, 6) is 0.508. The molecule has 1 aromatic rings. The molecule has 0 amide bonds. The minimum Gasteiger partial charge on any atom is -0.389 e. The largest absolute Gasteiger partial charge is 0.389 e. The Morgan fingerprint density at radius 1 is 1.53 bits per heavy atom. The molecule has 1 aliphatic rings. The van der Waals surface area contributed by atoms with Gasteiger partial charge in [-0.3, -0.25) is 4.98 Å². The van der Waals surface area contributed by atoms with Crippen LogP contribution in [-0.2, 0) is 6.42 Å². The van der Waals surface area contributed by atoms with E-state index in [-0.39, 0.29) is 0 Å². The Balaban J connectivity index is 1.98. The molecule has 0 aliphatic heterocycles. The van der Waals surface area contributed by atoms with E-state index in [9.17, 15) is 5.11 Å². The summed E-state index contributed by atoms with van der Waals surface area (Å²) in [6.45, 7) is 6.84. The maximum atomic E-state index is 10.4. The van der Waals surface area contributed by atoms with E-state index in [1.807, 2.05) is 19.2 Å². The topological polar surface area (TPSA) is 45.1 Å². The average molecular weight is 262 g/mol. The van der Waals surface area contributed by atoms with E-state index in [4.69, 9.17) is 0 Å². The van der Waals surface area contributed by atoms with Crippen LogP contribution in [0.5, 0.6) is 0 Å². The molecule has 1 aromatic heterocycles. The minimum absolute atomic E-state index is 0.295. The van der Waals surface area contributed by atoms with E-state index < -0.39 is 5.60 Å². The van der Waals surface area contributed by atoms with Gasteiger partial charge in [-0.2, -0.15) is 0 Å². The molecule has 2 N–H and O–H groups in total. The fourth-order valence-electron chi connectivity index (χ4n) is 3.10. The van der Waals surface area contributed by atoms with Crippen molar-refractivity contribution < 1.29 is 5.11 Å². The Labute approximate surface area is 116 Å². The number of nitrogens with zero attached hydrogens (tertiary/aromatic N) is 1. The summed E-state index contributed by atoms with van der Waals surface area (Å²) in [7, 11) is 0. The van der Waals surface area contributed by atoms with Crippen LogP contribution in [-0.4, -0.2) is 22.2 Å². The Kier molecular flexibility index (Phi) is 4.58. The molecule has 0 fully saturated rings. The van der Waals surface area contributed by atoms with Gasteiger partial charge in [0, 0.05) is 18.8 Å². The molecule has 1 aliphatic carbocycles. The van der Waals surface area contributed by atoms with Crippen molar-refractivity contribution in [3.63, 3.8) is 0 Å². The van der Waals surface area contributed by atoms with Gasteiger partial charge < -0.3 is 10.4 Å². The minimum atomic E-state index is -0.638. The molecule has 19 heavy (non-hydrogen) atoms. The van der Waals surface area contributed by atoms with Gasteiger partial charge in [0.05, 0.1) is 11.3 Å². The van der Waals surface area contributed by atoms with Crippen LogP contribution < -0.4 is 5.32 Å². The molecule has 3 nitrogen and oxygen atoms in total. The summed E-state index contributed by atoms with van der Waals surface area (Å²) < 4.78 is 0. The first-order chi connectivity index (χ1) is 8.98. The zero-order valence-electron chi connectivity index (χ0n) is 12.3. The summed E-state index contributed by atoms with van der Waals surface area (Å²) in [6, 6.07) is 4.47. The van der Waals surface area contributed by atoms with Gasteiger partial charge in [-0.1, -0.05) is 19.9 Å². The lowest BCUT2D eigenvalue weighted by Crippen LogP contribution is -2.41. The van der Waals surface area contributed by atoms with Crippen molar-refractivity contribution in [3.8, 4) is 0 Å². The Hall–Kier alpha value is -0.930. The molecule has 0 radical (unpaired) electrons. The van der Waals surface area contributed by atoms with Crippen LogP contribution in [0.15, 0.2) is 18.3 Å². The molecule has 0 spiro atoms. The molecular weight excluding hydrogens is 236 g/mol. The first kappa shape index (κ1) is 14.5. The summed E-state index contributed by atoms with van der Waals surface area (Å²) in [5, 5.41) is 13.9. The predicted octanol–water partition coefficient (Wildman–Crippen LogP) is 2.85. The number of pyridine rings is 1. The van der Waals surface area contributed by atoms with Gasteiger partial charge in [0.2, 0.25) is 0 Å². The quantitative estimate of drug-likeness (QED) is 0.857. The van der Waals surface area contributed by atoms with Gasteiger partial charge >= 0.3 is 0 Å². The summed E-state index contributed by atoms with van der Waals surface area (Å²) in [5.41, 5.74) is 1.89. The number of aromatic nitrogens is 1. The predicted molar refractivity (Wildman–Crippen MR) is 78.0 cm³/mol. The van der Waals surface area contributed by atoms with Crippen LogP contribution in [0.3, 0.4) is 0 Å². The van der Waals surface area contributed by atoms with Crippen molar-refractivity contribution in [3.05, 3.63) is 29.6 Å². The molecule has 2 unspecified atom stereocenters. The van der Waals surface area contributed by atoms with Gasteiger partial charge in [0.1, 0.15) is 0 Å². The molecule has 0 aromatic carbocycles. The normalized spacial score (nSPS) is 22.1. The van der Waals surface area contributed by atoms with Crippen LogP contribution in [0.25, 0.3) is 0 Å². The van der Waals surface area contributed by atoms with Crippen molar-refractivity contribution >= 4 is 0 Å². The number of hydrogen-bond acceptors (Lipinski definition) is 3. The molecule has 2 atom stereocenters. The maximum Gasteiger partial charge on any atom is 0.0746 e. The highest BCUT2D eigenvalue weighted by Crippen LogP contribution is 2.28. The fourth-order valence-corrected chi connectivity index (χ4v) is 3.10. The van der Waals surface area contributed by atoms with Crippen LogP contribution >= 0.6 is 0 Å². The van der Waals surface area contributed by atoms with E-state index in [1.165, 1.54) is 17.7 Å². The second-order valence-electron chi connectivity index (χ2n) is 6.47. The monoisotopic (exact) mass is 262 g/mol. The molecule has 0 saturated heterocycles. The molecule has 2 rings (SSSR count). The third-order valence-corrected chi connectivity index (χ3v) is 3.77. The third-order valence-electron chi connectivity index (χ3n) is 3.77. The summed E-state index contributed by atoms with van der Waals surface area (Å²) in [6.07, 6.45) is 6.13. The zero-order valence-corrected chi connectivity index (χ0v) is 12.3. The number of aliphatic hydroxyl groups is 1. The van der Waals surface area contributed by atoms with Crippen LogP contribution in [0.4, 0.5) is 0 Å². The molecule has 0 bridgehead atoms. The lowest BCUT2D eigenvalue weighted by atomic mass is 9.90. The lowest BCUT2D eigenvalue weighted by molar-refractivity contribution is 0.0351. The van der Waals surface area contributed by atoms with Crippen LogP contribution in [0.1, 0.15) is 57.3 Å². The van der Waals surface area contributed by atoms with E-state index >= 15 is 0 Å². The second-order valence-corrected chi connectivity index (χ2v) is 6.47. The first-order valence-corrected chi connectivity index (χ1v) is 7.37. The van der Waals surface area contributed by atoms with E-state index in [0.29, 0.717) is 18.5 Å². The number of nitrogens with one attached hydrogen (secondary N) is 1. The van der Waals surface area contributed by atoms with Gasteiger partial charge in [-0.25, -0.2) is 0 Å². The average Bonchev–Trinajstić information content (AvgIpc) is 2.35. The van der Waals surface area contributed by atoms with Gasteiger partial charge in [-0.15, -0.1) is 0 Å². The summed E-state index contributed by atoms with van der Waals surface area (Å²) in [4.78, 5) is 4.52. The molecule has 3 heteroatoms. The zero-order chi connectivity index (χ0) is 13.9. The van der Waals surface area contributed by atoms with Gasteiger partial charge in [0.15, 0.2) is 0 Å². The van der Waals surface area contributed by atoms with Crippen molar-refractivity contribution in [1.82, 2.24) is 10.3 Å². The van der Waals surface area contributed by atoms with Crippen molar-refractivity contribution in [2.75, 3.05) is 6.54 Å². The highest BCUT2D eigenvalue weighted by atomic mass is 16.3. The molecule has 1 heterocycles. The lowest BCUT2D eigenvalue weighted by Gasteiger charge is -2.31. The summed E-state index contributed by atoms with van der Waals surface area (Å²) >= 11 is 0. The van der Waals surface area contributed by atoms with Crippen molar-refractivity contribution in [1.29, 1.82) is 0 Å². The third kappa shape index (κ3) is 4.02. The molecular formula is C16H26N2O. The Morgan fingerprint density at radius 2 is 2.32 bits per heavy atom. The van der Waals surface area contributed by atoms with Gasteiger partial charge in [-0.05, 0) is 50.2 Å².